The number of rotatable bonds is 6. The largest absolute Gasteiger partial charge is 0.497 e. The molecule has 0 fully saturated rings. The molecule has 31 heavy (non-hydrogen) atoms. The molecule has 1 aromatic heterocycles. The zero-order chi connectivity index (χ0) is 22.0. The predicted molar refractivity (Wildman–Crippen MR) is 119 cm³/mol. The fourth-order valence-electron chi connectivity index (χ4n) is 4.03. The van der Waals surface area contributed by atoms with Crippen LogP contribution < -0.4 is 19.8 Å². The first-order chi connectivity index (χ1) is 15.0. The molecule has 0 radical (unpaired) electrons. The molecule has 1 atom stereocenters. The molecule has 0 bridgehead atoms. The highest BCUT2D eigenvalue weighted by atomic mass is 16.5. The van der Waals surface area contributed by atoms with Crippen LogP contribution in [0.1, 0.15) is 24.1 Å². The van der Waals surface area contributed by atoms with E-state index in [0.717, 1.165) is 35.7 Å². The third-order valence-corrected chi connectivity index (χ3v) is 5.88. The summed E-state index contributed by atoms with van der Waals surface area (Å²) in [5.41, 5.74) is 3.99. The summed E-state index contributed by atoms with van der Waals surface area (Å²) in [4.78, 5) is 14.8. The molecule has 7 heteroatoms. The molecule has 0 amide bonds. The lowest BCUT2D eigenvalue weighted by atomic mass is 9.93. The minimum atomic E-state index is -0.123. The van der Waals surface area contributed by atoms with Crippen molar-refractivity contribution >= 4 is 0 Å². The summed E-state index contributed by atoms with van der Waals surface area (Å²) >= 11 is 0. The first kappa shape index (κ1) is 20.9. The van der Waals surface area contributed by atoms with E-state index in [4.69, 9.17) is 14.2 Å². The summed E-state index contributed by atoms with van der Waals surface area (Å²) < 4.78 is 17.7. The Morgan fingerprint density at radius 2 is 1.68 bits per heavy atom. The van der Waals surface area contributed by atoms with Gasteiger partial charge in [0.15, 0.2) is 11.5 Å². The molecular formula is C24H27N3O4. The Morgan fingerprint density at radius 3 is 2.35 bits per heavy atom. The Hall–Kier alpha value is -3.32. The number of hydrogen-bond donors (Lipinski definition) is 0. The van der Waals surface area contributed by atoms with Crippen LogP contribution in [-0.4, -0.2) is 42.6 Å². The Morgan fingerprint density at radius 1 is 0.968 bits per heavy atom. The summed E-state index contributed by atoms with van der Waals surface area (Å²) in [5.74, 6) is 2.24. The van der Waals surface area contributed by atoms with Crippen molar-refractivity contribution in [2.24, 2.45) is 0 Å². The Balaban J connectivity index is 1.60. The number of methoxy groups -OCH3 is 3. The van der Waals surface area contributed by atoms with E-state index in [1.54, 1.807) is 33.5 Å². The standard InChI is InChI=1S/C24H27N3O4/c1-16-20-14-23(31-4)22(30-3)13-18(20)11-12-26(16)15-27-24(28)10-9-21(25-27)17-5-7-19(29-2)8-6-17/h5-10,13-14,16H,11-12,15H2,1-4H3. The van der Waals surface area contributed by atoms with Crippen molar-refractivity contribution in [3.63, 3.8) is 0 Å². The second kappa shape index (κ2) is 8.81. The lowest BCUT2D eigenvalue weighted by Crippen LogP contribution is -2.39. The fourth-order valence-corrected chi connectivity index (χ4v) is 4.03. The molecule has 2 heterocycles. The molecule has 2 aromatic carbocycles. The highest BCUT2D eigenvalue weighted by molar-refractivity contribution is 5.59. The van der Waals surface area contributed by atoms with Crippen LogP contribution in [0.5, 0.6) is 17.2 Å². The molecule has 1 aliphatic heterocycles. The van der Waals surface area contributed by atoms with Crippen LogP contribution >= 0.6 is 0 Å². The number of aromatic nitrogens is 2. The average Bonchev–Trinajstić information content (AvgIpc) is 2.81. The maximum atomic E-state index is 12.5. The normalized spacial score (nSPS) is 15.9. The van der Waals surface area contributed by atoms with E-state index < -0.39 is 0 Å². The van der Waals surface area contributed by atoms with E-state index in [1.165, 1.54) is 15.8 Å². The number of hydrogen-bond acceptors (Lipinski definition) is 6. The van der Waals surface area contributed by atoms with Crippen molar-refractivity contribution in [1.82, 2.24) is 14.7 Å². The van der Waals surface area contributed by atoms with Crippen LogP contribution in [0.15, 0.2) is 53.3 Å². The summed E-state index contributed by atoms with van der Waals surface area (Å²) in [5, 5.41) is 4.62. The lowest BCUT2D eigenvalue weighted by molar-refractivity contribution is 0.140. The van der Waals surface area contributed by atoms with E-state index in [9.17, 15) is 4.79 Å². The topological polar surface area (TPSA) is 65.8 Å². The minimum Gasteiger partial charge on any atom is -0.497 e. The van der Waals surface area contributed by atoms with E-state index in [0.29, 0.717) is 12.4 Å². The Bertz CT molecular complexity index is 1120. The van der Waals surface area contributed by atoms with Gasteiger partial charge >= 0.3 is 0 Å². The summed E-state index contributed by atoms with van der Waals surface area (Å²) in [6, 6.07) is 15.2. The van der Waals surface area contributed by atoms with Crippen LogP contribution in [0.25, 0.3) is 11.3 Å². The average molecular weight is 421 g/mol. The monoisotopic (exact) mass is 421 g/mol. The predicted octanol–water partition coefficient (Wildman–Crippen LogP) is 3.51. The first-order valence-corrected chi connectivity index (χ1v) is 10.3. The molecule has 162 valence electrons. The number of nitrogens with zero attached hydrogens (tertiary/aromatic N) is 3. The van der Waals surface area contributed by atoms with Crippen LogP contribution in [0, 0.1) is 0 Å². The van der Waals surface area contributed by atoms with Gasteiger partial charge in [-0.3, -0.25) is 9.69 Å². The maximum absolute atomic E-state index is 12.5. The second-order valence-corrected chi connectivity index (χ2v) is 7.57. The molecule has 0 spiro atoms. The van der Waals surface area contributed by atoms with Gasteiger partial charge in [0, 0.05) is 24.2 Å². The molecular weight excluding hydrogens is 394 g/mol. The molecule has 0 aliphatic carbocycles. The number of benzene rings is 2. The van der Waals surface area contributed by atoms with E-state index in [-0.39, 0.29) is 11.6 Å². The van der Waals surface area contributed by atoms with E-state index in [1.807, 2.05) is 30.3 Å². The third-order valence-electron chi connectivity index (χ3n) is 5.88. The van der Waals surface area contributed by atoms with Crippen molar-refractivity contribution in [2.75, 3.05) is 27.9 Å². The quantitative estimate of drug-likeness (QED) is 0.607. The highest BCUT2D eigenvalue weighted by Gasteiger charge is 2.26. The van der Waals surface area contributed by atoms with Crippen LogP contribution in [0.4, 0.5) is 0 Å². The highest BCUT2D eigenvalue weighted by Crippen LogP contribution is 2.37. The van der Waals surface area contributed by atoms with Gasteiger partial charge in [-0.25, -0.2) is 4.68 Å². The summed E-state index contributed by atoms with van der Waals surface area (Å²) in [6.07, 6.45) is 0.868. The summed E-state index contributed by atoms with van der Waals surface area (Å²) in [7, 11) is 4.93. The Kier molecular flexibility index (Phi) is 5.95. The second-order valence-electron chi connectivity index (χ2n) is 7.57. The van der Waals surface area contributed by atoms with Crippen LogP contribution in [-0.2, 0) is 13.1 Å². The SMILES string of the molecule is COc1ccc(-c2ccc(=O)n(CN3CCc4cc(OC)c(OC)cc4C3C)n2)cc1. The van der Waals surface area contributed by atoms with E-state index >= 15 is 0 Å². The minimum absolute atomic E-state index is 0.113. The lowest BCUT2D eigenvalue weighted by Gasteiger charge is -2.35. The molecule has 4 rings (SSSR count). The van der Waals surface area contributed by atoms with Crippen molar-refractivity contribution in [2.45, 2.75) is 26.1 Å². The van der Waals surface area contributed by atoms with E-state index in [2.05, 4.69) is 23.0 Å². The van der Waals surface area contributed by atoms with Crippen LogP contribution in [0.2, 0.25) is 0 Å². The van der Waals surface area contributed by atoms with Gasteiger partial charge in [0.25, 0.3) is 5.56 Å². The molecule has 0 saturated carbocycles. The summed E-state index contributed by atoms with van der Waals surface area (Å²) in [6.45, 7) is 3.38. The van der Waals surface area contributed by atoms with Crippen molar-refractivity contribution in [1.29, 1.82) is 0 Å². The molecule has 1 aliphatic rings. The van der Waals surface area contributed by atoms with Gasteiger partial charge in [-0.05, 0) is 66.9 Å². The smallest absolute Gasteiger partial charge is 0.268 e. The van der Waals surface area contributed by atoms with Crippen LogP contribution in [0.3, 0.4) is 0 Å². The first-order valence-electron chi connectivity index (χ1n) is 10.3. The van der Waals surface area contributed by atoms with Gasteiger partial charge in [-0.1, -0.05) is 0 Å². The van der Waals surface area contributed by atoms with Crippen molar-refractivity contribution in [3.8, 4) is 28.5 Å². The van der Waals surface area contributed by atoms with Gasteiger partial charge < -0.3 is 14.2 Å². The number of fused-ring (bicyclic) bond motifs is 1. The van der Waals surface area contributed by atoms with Gasteiger partial charge in [0.2, 0.25) is 0 Å². The molecule has 0 saturated heterocycles. The third kappa shape index (κ3) is 4.14. The van der Waals surface area contributed by atoms with Crippen molar-refractivity contribution < 1.29 is 14.2 Å². The zero-order valence-corrected chi connectivity index (χ0v) is 18.3. The van der Waals surface area contributed by atoms with Gasteiger partial charge in [-0.2, -0.15) is 5.10 Å². The maximum Gasteiger partial charge on any atom is 0.268 e. The van der Waals surface area contributed by atoms with Gasteiger partial charge in [0.05, 0.1) is 33.7 Å². The van der Waals surface area contributed by atoms with Crippen molar-refractivity contribution in [3.05, 3.63) is 70.0 Å². The number of ether oxygens (including phenoxy) is 3. The molecule has 3 aromatic rings. The van der Waals surface area contributed by atoms with Gasteiger partial charge in [-0.15, -0.1) is 0 Å². The molecule has 0 N–H and O–H groups in total. The zero-order valence-electron chi connectivity index (χ0n) is 18.3. The fraction of sp³-hybridized carbons (Fsp3) is 0.333. The van der Waals surface area contributed by atoms with Gasteiger partial charge in [0.1, 0.15) is 5.75 Å². The Labute approximate surface area is 181 Å². The molecule has 1 unspecified atom stereocenters. The molecule has 7 nitrogen and oxygen atoms in total.